The fraction of sp³-hybridized carbons (Fsp3) is 0.538. The number of unbranched alkanes of at least 4 members (excludes halogenated alkanes) is 3. The topological polar surface area (TPSA) is 52.6 Å². The van der Waals surface area contributed by atoms with Crippen LogP contribution in [0.2, 0.25) is 0 Å². The standard InChI is InChI=1S/C13H19ClO4S/c1-17-12-7-6-8-13(11-12)18-9-4-2-3-5-10-19(14,15)16/h6-8,11H,2-5,9-10H2,1H3. The highest BCUT2D eigenvalue weighted by atomic mass is 35.7. The third-order valence-corrected chi connectivity index (χ3v) is 3.83. The lowest BCUT2D eigenvalue weighted by atomic mass is 10.2. The minimum Gasteiger partial charge on any atom is -0.497 e. The molecule has 0 amide bonds. The summed E-state index contributed by atoms with van der Waals surface area (Å²) in [6.07, 6.45) is 3.26. The Morgan fingerprint density at radius 2 is 1.79 bits per heavy atom. The lowest BCUT2D eigenvalue weighted by Gasteiger charge is -2.07. The Morgan fingerprint density at radius 1 is 1.11 bits per heavy atom. The Labute approximate surface area is 119 Å². The van der Waals surface area contributed by atoms with E-state index in [0.29, 0.717) is 13.0 Å². The number of ether oxygens (including phenoxy) is 2. The van der Waals surface area contributed by atoms with E-state index >= 15 is 0 Å². The maximum Gasteiger partial charge on any atom is 0.232 e. The van der Waals surface area contributed by atoms with E-state index < -0.39 is 9.05 Å². The molecule has 0 unspecified atom stereocenters. The lowest BCUT2D eigenvalue weighted by molar-refractivity contribution is 0.303. The summed E-state index contributed by atoms with van der Waals surface area (Å²) in [5.41, 5.74) is 0. The molecule has 0 saturated carbocycles. The summed E-state index contributed by atoms with van der Waals surface area (Å²) < 4.78 is 32.1. The fourth-order valence-electron chi connectivity index (χ4n) is 1.61. The quantitative estimate of drug-likeness (QED) is 0.519. The summed E-state index contributed by atoms with van der Waals surface area (Å²) in [7, 11) is 3.39. The van der Waals surface area contributed by atoms with E-state index in [4.69, 9.17) is 20.2 Å². The molecule has 0 bridgehead atoms. The maximum atomic E-state index is 10.7. The SMILES string of the molecule is COc1cccc(OCCCCCCS(=O)(=O)Cl)c1. The Kier molecular flexibility index (Phi) is 7.02. The number of methoxy groups -OCH3 is 1. The molecule has 108 valence electrons. The van der Waals surface area contributed by atoms with Gasteiger partial charge in [0.1, 0.15) is 11.5 Å². The fourth-order valence-corrected chi connectivity index (χ4v) is 2.49. The van der Waals surface area contributed by atoms with Crippen LogP contribution in [-0.2, 0) is 9.05 Å². The molecular weight excluding hydrogens is 288 g/mol. The van der Waals surface area contributed by atoms with Crippen molar-refractivity contribution in [2.45, 2.75) is 25.7 Å². The molecule has 0 radical (unpaired) electrons. The molecule has 4 nitrogen and oxygen atoms in total. The summed E-state index contributed by atoms with van der Waals surface area (Å²) in [5.74, 6) is 1.60. The summed E-state index contributed by atoms with van der Waals surface area (Å²) in [4.78, 5) is 0. The van der Waals surface area contributed by atoms with Crippen molar-refractivity contribution < 1.29 is 17.9 Å². The molecule has 6 heteroatoms. The molecule has 1 rings (SSSR count). The summed E-state index contributed by atoms with van der Waals surface area (Å²) in [6, 6.07) is 7.45. The second-order valence-corrected chi connectivity index (χ2v) is 7.08. The van der Waals surface area contributed by atoms with Crippen molar-refractivity contribution in [1.29, 1.82) is 0 Å². The van der Waals surface area contributed by atoms with Crippen molar-refractivity contribution in [3.63, 3.8) is 0 Å². The van der Waals surface area contributed by atoms with Crippen molar-refractivity contribution in [2.75, 3.05) is 19.5 Å². The first-order valence-corrected chi connectivity index (χ1v) is 8.68. The van der Waals surface area contributed by atoms with Gasteiger partial charge in [-0.3, -0.25) is 0 Å². The van der Waals surface area contributed by atoms with Gasteiger partial charge in [0.05, 0.1) is 19.5 Å². The molecule has 0 saturated heterocycles. The van der Waals surface area contributed by atoms with Gasteiger partial charge in [-0.2, -0.15) is 0 Å². The van der Waals surface area contributed by atoms with E-state index in [1.807, 2.05) is 24.3 Å². The smallest absolute Gasteiger partial charge is 0.232 e. The number of halogens is 1. The van der Waals surface area contributed by atoms with E-state index in [1.54, 1.807) is 7.11 Å². The Hall–Kier alpha value is -0.940. The zero-order chi connectivity index (χ0) is 14.1. The number of benzene rings is 1. The zero-order valence-electron chi connectivity index (χ0n) is 11.0. The van der Waals surface area contributed by atoms with Crippen LogP contribution in [0.15, 0.2) is 24.3 Å². The van der Waals surface area contributed by atoms with Gasteiger partial charge in [0, 0.05) is 16.7 Å². The molecule has 19 heavy (non-hydrogen) atoms. The highest BCUT2D eigenvalue weighted by Gasteiger charge is 2.03. The van der Waals surface area contributed by atoms with Gasteiger partial charge in [-0.15, -0.1) is 0 Å². The first kappa shape index (κ1) is 16.1. The maximum absolute atomic E-state index is 10.7. The van der Waals surface area contributed by atoms with Crippen LogP contribution >= 0.6 is 10.7 Å². The molecule has 1 aromatic carbocycles. The lowest BCUT2D eigenvalue weighted by Crippen LogP contribution is -1.99. The highest BCUT2D eigenvalue weighted by molar-refractivity contribution is 8.13. The van der Waals surface area contributed by atoms with Crippen LogP contribution < -0.4 is 9.47 Å². The second kappa shape index (κ2) is 8.27. The summed E-state index contributed by atoms with van der Waals surface area (Å²) >= 11 is 0. The van der Waals surface area contributed by atoms with Crippen LogP contribution in [0, 0.1) is 0 Å². The van der Waals surface area contributed by atoms with Crippen molar-refractivity contribution in [3.8, 4) is 11.5 Å². The minimum absolute atomic E-state index is 0.0469. The summed E-state index contributed by atoms with van der Waals surface area (Å²) in [6.45, 7) is 0.612. The average Bonchev–Trinajstić information content (AvgIpc) is 2.36. The van der Waals surface area contributed by atoms with Gasteiger partial charge in [0.25, 0.3) is 0 Å². The van der Waals surface area contributed by atoms with E-state index in [0.717, 1.165) is 30.8 Å². The van der Waals surface area contributed by atoms with Crippen LogP contribution in [0.5, 0.6) is 11.5 Å². The van der Waals surface area contributed by atoms with Gasteiger partial charge in [0.2, 0.25) is 9.05 Å². The van der Waals surface area contributed by atoms with E-state index in [-0.39, 0.29) is 5.75 Å². The Morgan fingerprint density at radius 3 is 2.47 bits per heavy atom. The molecule has 0 N–H and O–H groups in total. The van der Waals surface area contributed by atoms with Crippen molar-refractivity contribution in [1.82, 2.24) is 0 Å². The first-order valence-electron chi connectivity index (χ1n) is 6.20. The Balaban J connectivity index is 2.10. The molecule has 0 aliphatic heterocycles. The predicted molar refractivity (Wildman–Crippen MR) is 76.6 cm³/mol. The normalized spacial score (nSPS) is 11.3. The molecule has 0 aromatic heterocycles. The number of hydrogen-bond donors (Lipinski definition) is 0. The predicted octanol–water partition coefficient (Wildman–Crippen LogP) is 3.20. The van der Waals surface area contributed by atoms with Crippen molar-refractivity contribution in [3.05, 3.63) is 24.3 Å². The number of rotatable bonds is 9. The largest absolute Gasteiger partial charge is 0.497 e. The van der Waals surface area contributed by atoms with Crippen LogP contribution in [0.3, 0.4) is 0 Å². The molecule has 0 fully saturated rings. The molecule has 0 aliphatic carbocycles. The van der Waals surface area contributed by atoms with E-state index in [2.05, 4.69) is 0 Å². The van der Waals surface area contributed by atoms with Crippen LogP contribution in [-0.4, -0.2) is 27.9 Å². The van der Waals surface area contributed by atoms with E-state index in [1.165, 1.54) is 0 Å². The average molecular weight is 307 g/mol. The van der Waals surface area contributed by atoms with Gasteiger partial charge in [-0.1, -0.05) is 18.9 Å². The van der Waals surface area contributed by atoms with E-state index in [9.17, 15) is 8.42 Å². The molecule has 0 atom stereocenters. The molecule has 1 aromatic rings. The van der Waals surface area contributed by atoms with Gasteiger partial charge < -0.3 is 9.47 Å². The number of hydrogen-bond acceptors (Lipinski definition) is 4. The van der Waals surface area contributed by atoms with Crippen LogP contribution in [0.1, 0.15) is 25.7 Å². The monoisotopic (exact) mass is 306 g/mol. The third-order valence-electron chi connectivity index (χ3n) is 2.59. The second-order valence-electron chi connectivity index (χ2n) is 4.18. The highest BCUT2D eigenvalue weighted by Crippen LogP contribution is 2.19. The molecule has 0 aliphatic rings. The van der Waals surface area contributed by atoms with Gasteiger partial charge in [-0.05, 0) is 25.0 Å². The van der Waals surface area contributed by atoms with Crippen LogP contribution in [0.4, 0.5) is 0 Å². The minimum atomic E-state index is -3.34. The first-order chi connectivity index (χ1) is 9.01. The summed E-state index contributed by atoms with van der Waals surface area (Å²) in [5, 5.41) is 0. The zero-order valence-corrected chi connectivity index (χ0v) is 12.5. The van der Waals surface area contributed by atoms with Crippen LogP contribution in [0.25, 0.3) is 0 Å². The molecule has 0 heterocycles. The molecular formula is C13H19ClO4S. The van der Waals surface area contributed by atoms with Gasteiger partial charge in [-0.25, -0.2) is 8.42 Å². The molecule has 0 spiro atoms. The van der Waals surface area contributed by atoms with Crippen molar-refractivity contribution >= 4 is 19.7 Å². The van der Waals surface area contributed by atoms with Gasteiger partial charge >= 0.3 is 0 Å². The Bertz CT molecular complexity index is 473. The third kappa shape index (κ3) is 7.95. The van der Waals surface area contributed by atoms with Gasteiger partial charge in [0.15, 0.2) is 0 Å². The van der Waals surface area contributed by atoms with Crippen molar-refractivity contribution in [2.24, 2.45) is 0 Å².